The number of ether oxygens (including phenoxy) is 2. The zero-order chi connectivity index (χ0) is 23.0. The lowest BCUT2D eigenvalue weighted by Crippen LogP contribution is -2.25. The van der Waals surface area contributed by atoms with E-state index in [0.29, 0.717) is 15.2 Å². The third-order valence-electron chi connectivity index (χ3n) is 6.08. The highest BCUT2D eigenvalue weighted by Crippen LogP contribution is 2.52. The van der Waals surface area contributed by atoms with Gasteiger partial charge in [-0.15, -0.1) is 0 Å². The second-order valence-electron chi connectivity index (χ2n) is 7.95. The second kappa shape index (κ2) is 11.3. The molecule has 0 aliphatic rings. The molecule has 0 fully saturated rings. The Morgan fingerprint density at radius 3 is 2.31 bits per heavy atom. The Morgan fingerprint density at radius 1 is 0.938 bits per heavy atom. The average molecular weight is 448 g/mol. The molecule has 4 heteroatoms. The monoisotopic (exact) mass is 447 g/mol. The fourth-order valence-corrected chi connectivity index (χ4v) is 5.89. The maximum absolute atomic E-state index is 6.45. The average Bonchev–Trinajstić information content (AvgIpc) is 2.83. The van der Waals surface area contributed by atoms with E-state index in [9.17, 15) is 0 Å². The molecule has 0 radical (unpaired) electrons. The van der Waals surface area contributed by atoms with Crippen LogP contribution in [0.15, 0.2) is 71.7 Å². The van der Waals surface area contributed by atoms with Crippen LogP contribution in [0.5, 0.6) is 11.5 Å². The molecule has 1 unspecified atom stereocenters. The van der Waals surface area contributed by atoms with Crippen LogP contribution in [0.2, 0.25) is 0 Å². The van der Waals surface area contributed by atoms with Crippen LogP contribution < -0.4 is 14.8 Å². The molecule has 0 heterocycles. The fourth-order valence-electron chi connectivity index (χ4n) is 4.15. The molecule has 0 saturated heterocycles. The first-order valence-electron chi connectivity index (χ1n) is 11.2. The van der Waals surface area contributed by atoms with Gasteiger partial charge >= 0.3 is 0 Å². The summed E-state index contributed by atoms with van der Waals surface area (Å²) < 4.78 is 12.2. The number of hydrogen-bond acceptors (Lipinski definition) is 3. The molecule has 0 spiro atoms. The quantitative estimate of drug-likeness (QED) is 0.257. The number of hydrogen-bond donors (Lipinski definition) is 0. The van der Waals surface area contributed by atoms with Gasteiger partial charge in [0, 0.05) is 24.0 Å². The lowest BCUT2D eigenvalue weighted by molar-refractivity contribution is 0.277. The predicted molar refractivity (Wildman–Crippen MR) is 139 cm³/mol. The van der Waals surface area contributed by atoms with E-state index in [4.69, 9.17) is 9.47 Å². The van der Waals surface area contributed by atoms with Gasteiger partial charge in [0.15, 0.2) is 11.5 Å². The highest BCUT2D eigenvalue weighted by molar-refractivity contribution is 7.49. The molecule has 0 bridgehead atoms. The number of methoxy groups -OCH3 is 1. The number of aliphatic imine (C=N–C) groups is 1. The van der Waals surface area contributed by atoms with Crippen LogP contribution in [0, 0.1) is 6.92 Å². The maximum atomic E-state index is 6.45. The third kappa shape index (κ3) is 5.22. The van der Waals surface area contributed by atoms with Crippen molar-refractivity contribution < 1.29 is 9.47 Å². The van der Waals surface area contributed by atoms with Crippen molar-refractivity contribution in [3.63, 3.8) is 0 Å². The lowest BCUT2D eigenvalue weighted by atomic mass is 9.91. The Kier molecular flexibility index (Phi) is 8.47. The molecule has 0 N–H and O–H groups in total. The number of benzene rings is 3. The molecule has 0 aliphatic heterocycles. The van der Waals surface area contributed by atoms with Gasteiger partial charge in [0.1, 0.15) is 6.61 Å². The molecule has 3 nitrogen and oxygen atoms in total. The Morgan fingerprint density at radius 2 is 1.66 bits per heavy atom. The highest BCUT2D eigenvalue weighted by atomic mass is 31.1. The minimum atomic E-state index is -0.0526. The summed E-state index contributed by atoms with van der Waals surface area (Å²) >= 11 is 0. The predicted octanol–water partition coefficient (Wildman–Crippen LogP) is 6.65. The van der Waals surface area contributed by atoms with E-state index in [1.165, 1.54) is 22.0 Å². The molecule has 3 aromatic rings. The van der Waals surface area contributed by atoms with Gasteiger partial charge in [-0.2, -0.15) is 0 Å². The standard InChI is InChI=1S/C28H34NO2P/c1-6-28(7-2,32-27-21(3)13-11-16-23(27)19-29-4)24-17-12-18-25(30-5)26(24)31-20-22-14-9-8-10-15-22/h8-19,32H,6-7,20H2,1-5H3/b29-19+. The Bertz CT molecular complexity index is 1040. The van der Waals surface area contributed by atoms with Gasteiger partial charge in [0.05, 0.1) is 7.11 Å². The van der Waals surface area contributed by atoms with Crippen molar-refractivity contribution in [2.45, 2.75) is 45.4 Å². The molecular weight excluding hydrogens is 413 g/mol. The Hall–Kier alpha value is -2.64. The maximum Gasteiger partial charge on any atom is 0.165 e. The van der Waals surface area contributed by atoms with Crippen molar-refractivity contribution in [1.29, 1.82) is 0 Å². The largest absolute Gasteiger partial charge is 0.493 e. The van der Waals surface area contributed by atoms with Gasteiger partial charge in [0.2, 0.25) is 0 Å². The molecule has 1 atom stereocenters. The molecule has 168 valence electrons. The van der Waals surface area contributed by atoms with Crippen LogP contribution in [-0.2, 0) is 11.8 Å². The number of para-hydroxylation sites is 1. The summed E-state index contributed by atoms with van der Waals surface area (Å²) in [5.74, 6) is 1.64. The van der Waals surface area contributed by atoms with Crippen LogP contribution in [0.3, 0.4) is 0 Å². The Balaban J connectivity index is 2.08. The van der Waals surface area contributed by atoms with Crippen LogP contribution in [-0.4, -0.2) is 20.4 Å². The van der Waals surface area contributed by atoms with Crippen molar-refractivity contribution in [2.24, 2.45) is 4.99 Å². The second-order valence-corrected chi connectivity index (χ2v) is 9.66. The summed E-state index contributed by atoms with van der Waals surface area (Å²) in [4.78, 5) is 4.30. The molecule has 0 saturated carbocycles. The van der Waals surface area contributed by atoms with Crippen molar-refractivity contribution in [2.75, 3.05) is 14.2 Å². The van der Waals surface area contributed by atoms with E-state index < -0.39 is 0 Å². The molecule has 3 aromatic carbocycles. The first kappa shape index (κ1) is 24.0. The molecule has 0 aliphatic carbocycles. The van der Waals surface area contributed by atoms with Gasteiger partial charge in [-0.1, -0.05) is 83.1 Å². The number of rotatable bonds is 10. The first-order valence-corrected chi connectivity index (χ1v) is 12.2. The summed E-state index contributed by atoms with van der Waals surface area (Å²) in [5.41, 5.74) is 4.87. The van der Waals surface area contributed by atoms with E-state index in [-0.39, 0.29) is 5.16 Å². The van der Waals surface area contributed by atoms with E-state index in [2.05, 4.69) is 68.2 Å². The SMILES string of the molecule is CCC(CC)(Pc1c(C)cccc1/C=N/C)c1cccc(OC)c1OCc1ccccc1. The normalized spacial score (nSPS) is 12.0. The minimum absolute atomic E-state index is 0.0526. The van der Waals surface area contributed by atoms with Gasteiger partial charge in [-0.25, -0.2) is 0 Å². The summed E-state index contributed by atoms with van der Waals surface area (Å²) in [6.07, 6.45) is 3.99. The van der Waals surface area contributed by atoms with Gasteiger partial charge < -0.3 is 9.47 Å². The van der Waals surface area contributed by atoms with Crippen molar-refractivity contribution in [1.82, 2.24) is 0 Å². The zero-order valence-electron chi connectivity index (χ0n) is 19.8. The van der Waals surface area contributed by atoms with Crippen LogP contribution in [0.25, 0.3) is 0 Å². The van der Waals surface area contributed by atoms with Gasteiger partial charge in [0.25, 0.3) is 0 Å². The molecule has 0 amide bonds. The Labute approximate surface area is 194 Å². The van der Waals surface area contributed by atoms with E-state index in [1.807, 2.05) is 37.5 Å². The van der Waals surface area contributed by atoms with Gasteiger partial charge in [-0.05, 0) is 47.8 Å². The van der Waals surface area contributed by atoms with Gasteiger partial charge in [-0.3, -0.25) is 4.99 Å². The molecule has 3 rings (SSSR count). The first-order chi connectivity index (χ1) is 15.6. The van der Waals surface area contributed by atoms with Crippen LogP contribution in [0.4, 0.5) is 0 Å². The molecule has 0 aromatic heterocycles. The molecular formula is C28H34NO2P. The van der Waals surface area contributed by atoms with Crippen molar-refractivity contribution >= 4 is 20.1 Å². The number of aryl methyl sites for hydroxylation is 1. The molecule has 32 heavy (non-hydrogen) atoms. The smallest absolute Gasteiger partial charge is 0.165 e. The minimum Gasteiger partial charge on any atom is -0.493 e. The van der Waals surface area contributed by atoms with E-state index in [0.717, 1.165) is 29.9 Å². The van der Waals surface area contributed by atoms with Crippen LogP contribution in [0.1, 0.15) is 48.9 Å². The van der Waals surface area contributed by atoms with E-state index >= 15 is 0 Å². The summed E-state index contributed by atoms with van der Waals surface area (Å²) in [7, 11) is 4.14. The van der Waals surface area contributed by atoms with Crippen LogP contribution >= 0.6 is 8.58 Å². The van der Waals surface area contributed by atoms with Crippen molar-refractivity contribution in [3.05, 3.63) is 89.0 Å². The number of nitrogens with zero attached hydrogens (tertiary/aromatic N) is 1. The topological polar surface area (TPSA) is 30.8 Å². The third-order valence-corrected chi connectivity index (χ3v) is 8.47. The fraction of sp³-hybridized carbons (Fsp3) is 0.321. The lowest BCUT2D eigenvalue weighted by Gasteiger charge is -2.35. The van der Waals surface area contributed by atoms with Crippen molar-refractivity contribution in [3.8, 4) is 11.5 Å². The summed E-state index contributed by atoms with van der Waals surface area (Å²) in [6, 6.07) is 23.1. The summed E-state index contributed by atoms with van der Waals surface area (Å²) in [6.45, 7) is 7.27. The summed E-state index contributed by atoms with van der Waals surface area (Å²) in [5, 5.41) is 1.32. The van der Waals surface area contributed by atoms with E-state index in [1.54, 1.807) is 7.11 Å². The zero-order valence-corrected chi connectivity index (χ0v) is 20.8. The highest BCUT2D eigenvalue weighted by Gasteiger charge is 2.34.